The van der Waals surface area contributed by atoms with E-state index < -0.39 is 0 Å². The summed E-state index contributed by atoms with van der Waals surface area (Å²) in [5, 5.41) is 4.74. The van der Waals surface area contributed by atoms with Gasteiger partial charge in [-0.05, 0) is 30.9 Å². The Bertz CT molecular complexity index is 424. The number of fused-ring (bicyclic) bond motifs is 2. The fraction of sp³-hybridized carbons (Fsp3) is 0.429. The maximum absolute atomic E-state index is 2.39. The molecule has 2 aliphatic heterocycles. The molecule has 2 bridgehead atoms. The van der Waals surface area contributed by atoms with Gasteiger partial charge in [0.15, 0.2) is 0 Å². The molecule has 0 amide bonds. The highest BCUT2D eigenvalue weighted by atomic mass is 15.7. The molecular weight excluding hydrogens is 196 g/mol. The quantitative estimate of drug-likeness (QED) is 0.709. The minimum absolute atomic E-state index is 0.194. The number of benzene rings is 1. The Morgan fingerprint density at radius 1 is 1.19 bits per heavy atom. The Hall–Kier alpha value is -1.28. The molecule has 2 heterocycles. The minimum Gasteiger partial charge on any atom is -0.312 e. The zero-order valence-electron chi connectivity index (χ0n) is 9.98. The van der Waals surface area contributed by atoms with Crippen molar-refractivity contribution < 1.29 is 0 Å². The van der Waals surface area contributed by atoms with Gasteiger partial charge in [0.2, 0.25) is 0 Å². The van der Waals surface area contributed by atoms with Crippen LogP contribution in [0.5, 0.6) is 0 Å². The SMILES string of the molecule is CN1N2C=C(c3ccccc3)C1(C)CCC2. The van der Waals surface area contributed by atoms with Crippen molar-refractivity contribution >= 4 is 5.57 Å². The summed E-state index contributed by atoms with van der Waals surface area (Å²) in [6.45, 7) is 3.51. The lowest BCUT2D eigenvalue weighted by Gasteiger charge is -2.43. The summed E-state index contributed by atoms with van der Waals surface area (Å²) in [5.41, 5.74) is 3.02. The minimum atomic E-state index is 0.194. The highest BCUT2D eigenvalue weighted by molar-refractivity contribution is 5.74. The van der Waals surface area contributed by atoms with Crippen molar-refractivity contribution in [1.29, 1.82) is 0 Å². The van der Waals surface area contributed by atoms with Gasteiger partial charge in [-0.25, -0.2) is 5.01 Å². The molecule has 3 rings (SSSR count). The first kappa shape index (κ1) is 9.91. The number of likely N-dealkylation sites (N-methyl/N-ethyl adjacent to an activating group) is 1. The predicted octanol–water partition coefficient (Wildman–Crippen LogP) is 2.74. The van der Waals surface area contributed by atoms with Crippen LogP contribution >= 0.6 is 0 Å². The first-order valence-electron chi connectivity index (χ1n) is 6.00. The molecule has 0 aromatic heterocycles. The van der Waals surface area contributed by atoms with E-state index in [1.54, 1.807) is 0 Å². The topological polar surface area (TPSA) is 6.48 Å². The number of hydrogen-bond donors (Lipinski definition) is 0. The van der Waals surface area contributed by atoms with E-state index >= 15 is 0 Å². The average molecular weight is 214 g/mol. The third-order valence-electron chi connectivity index (χ3n) is 4.09. The van der Waals surface area contributed by atoms with Crippen molar-refractivity contribution in [2.24, 2.45) is 0 Å². The Morgan fingerprint density at radius 3 is 2.62 bits per heavy atom. The zero-order valence-corrected chi connectivity index (χ0v) is 9.98. The molecule has 0 spiro atoms. The molecular formula is C14H18N2. The van der Waals surface area contributed by atoms with E-state index in [0.717, 1.165) is 6.54 Å². The lowest BCUT2D eigenvalue weighted by molar-refractivity contribution is -0.0323. The third-order valence-corrected chi connectivity index (χ3v) is 4.09. The highest BCUT2D eigenvalue weighted by Gasteiger charge is 2.44. The van der Waals surface area contributed by atoms with Crippen molar-refractivity contribution in [3.8, 4) is 0 Å². The standard InChI is InChI=1S/C14H18N2/c1-14-9-6-10-16(15(14)2)11-13(14)12-7-4-3-5-8-12/h3-5,7-8,11H,6,9-10H2,1-2H3. The van der Waals surface area contributed by atoms with Crippen molar-refractivity contribution in [1.82, 2.24) is 10.0 Å². The number of rotatable bonds is 1. The monoisotopic (exact) mass is 214 g/mol. The summed E-state index contributed by atoms with van der Waals surface area (Å²) in [7, 11) is 2.20. The van der Waals surface area contributed by atoms with E-state index in [4.69, 9.17) is 0 Å². The van der Waals surface area contributed by atoms with Crippen molar-refractivity contribution in [3.05, 3.63) is 42.1 Å². The van der Waals surface area contributed by atoms with Crippen LogP contribution in [0.4, 0.5) is 0 Å². The molecule has 2 aliphatic rings. The summed E-state index contributed by atoms with van der Waals surface area (Å²) in [5.74, 6) is 0. The molecule has 1 aromatic rings. The van der Waals surface area contributed by atoms with E-state index in [1.807, 2.05) is 0 Å². The lowest BCUT2D eigenvalue weighted by Crippen LogP contribution is -2.51. The Morgan fingerprint density at radius 2 is 1.94 bits per heavy atom. The molecule has 1 atom stereocenters. The molecule has 84 valence electrons. The van der Waals surface area contributed by atoms with Gasteiger partial charge in [0.1, 0.15) is 0 Å². The van der Waals surface area contributed by atoms with Gasteiger partial charge in [0.25, 0.3) is 0 Å². The first-order chi connectivity index (χ1) is 7.72. The Balaban J connectivity index is 2.06. The van der Waals surface area contributed by atoms with Crippen LogP contribution in [-0.2, 0) is 0 Å². The van der Waals surface area contributed by atoms with Crippen molar-refractivity contribution in [2.75, 3.05) is 13.6 Å². The van der Waals surface area contributed by atoms with Gasteiger partial charge in [-0.15, -0.1) is 0 Å². The summed E-state index contributed by atoms with van der Waals surface area (Å²) in [6.07, 6.45) is 4.86. The first-order valence-corrected chi connectivity index (χ1v) is 6.00. The van der Waals surface area contributed by atoms with Crippen LogP contribution in [-0.4, -0.2) is 29.1 Å². The van der Waals surface area contributed by atoms with Gasteiger partial charge in [0, 0.05) is 19.8 Å². The maximum atomic E-state index is 2.39. The summed E-state index contributed by atoms with van der Waals surface area (Å²) in [6, 6.07) is 10.8. The van der Waals surface area contributed by atoms with E-state index in [0.29, 0.717) is 0 Å². The van der Waals surface area contributed by atoms with E-state index in [-0.39, 0.29) is 5.54 Å². The van der Waals surface area contributed by atoms with Gasteiger partial charge >= 0.3 is 0 Å². The summed E-state index contributed by atoms with van der Waals surface area (Å²) >= 11 is 0. The van der Waals surface area contributed by atoms with Crippen LogP contribution in [0.25, 0.3) is 5.57 Å². The molecule has 1 unspecified atom stereocenters. The fourth-order valence-corrected chi connectivity index (χ4v) is 2.93. The molecule has 1 fully saturated rings. The molecule has 0 N–H and O–H groups in total. The van der Waals surface area contributed by atoms with Gasteiger partial charge < -0.3 is 5.01 Å². The molecule has 16 heavy (non-hydrogen) atoms. The van der Waals surface area contributed by atoms with Crippen molar-refractivity contribution in [2.45, 2.75) is 25.3 Å². The molecule has 0 aliphatic carbocycles. The van der Waals surface area contributed by atoms with Crippen LogP contribution in [0, 0.1) is 0 Å². The Kier molecular flexibility index (Phi) is 2.08. The Labute approximate surface area is 97.1 Å². The van der Waals surface area contributed by atoms with E-state index in [2.05, 4.69) is 60.5 Å². The van der Waals surface area contributed by atoms with E-state index in [9.17, 15) is 0 Å². The fourth-order valence-electron chi connectivity index (χ4n) is 2.93. The second-order valence-electron chi connectivity index (χ2n) is 4.97. The van der Waals surface area contributed by atoms with Gasteiger partial charge in [-0.3, -0.25) is 0 Å². The van der Waals surface area contributed by atoms with Crippen LogP contribution in [0.15, 0.2) is 36.5 Å². The molecule has 0 saturated carbocycles. The molecule has 1 aromatic carbocycles. The van der Waals surface area contributed by atoms with Crippen LogP contribution in [0.1, 0.15) is 25.3 Å². The number of hydrazine groups is 1. The van der Waals surface area contributed by atoms with Gasteiger partial charge in [-0.2, -0.15) is 0 Å². The molecule has 2 nitrogen and oxygen atoms in total. The normalized spacial score (nSPS) is 29.4. The molecule has 2 heteroatoms. The smallest absolute Gasteiger partial charge is 0.0641 e. The van der Waals surface area contributed by atoms with Crippen LogP contribution in [0.3, 0.4) is 0 Å². The van der Waals surface area contributed by atoms with Crippen molar-refractivity contribution in [3.63, 3.8) is 0 Å². The largest absolute Gasteiger partial charge is 0.312 e. The van der Waals surface area contributed by atoms with Gasteiger partial charge in [0.05, 0.1) is 5.54 Å². The summed E-state index contributed by atoms with van der Waals surface area (Å²) < 4.78 is 0. The van der Waals surface area contributed by atoms with E-state index in [1.165, 1.54) is 24.0 Å². The molecule has 1 saturated heterocycles. The van der Waals surface area contributed by atoms with Crippen LogP contribution in [0.2, 0.25) is 0 Å². The zero-order chi connectivity index (χ0) is 11.2. The van der Waals surface area contributed by atoms with Gasteiger partial charge in [-0.1, -0.05) is 30.3 Å². The second kappa shape index (κ2) is 3.36. The lowest BCUT2D eigenvalue weighted by atomic mass is 9.84. The maximum Gasteiger partial charge on any atom is 0.0641 e. The van der Waals surface area contributed by atoms with Crippen LogP contribution < -0.4 is 0 Å². The second-order valence-corrected chi connectivity index (χ2v) is 4.97. The number of hydrogen-bond acceptors (Lipinski definition) is 2. The molecule has 0 radical (unpaired) electrons. The number of nitrogens with zero attached hydrogens (tertiary/aromatic N) is 2. The summed E-state index contributed by atoms with van der Waals surface area (Å²) in [4.78, 5) is 0. The highest BCUT2D eigenvalue weighted by Crippen LogP contribution is 2.44. The average Bonchev–Trinajstić information content (AvgIpc) is 2.48. The predicted molar refractivity (Wildman–Crippen MR) is 66.5 cm³/mol. The third kappa shape index (κ3) is 1.23.